The Morgan fingerprint density at radius 1 is 1.07 bits per heavy atom. The molecule has 7 rings (SSSR count). The molecule has 2 fully saturated rings. The molecule has 1 unspecified atom stereocenters. The van der Waals surface area contributed by atoms with Crippen LogP contribution in [0.15, 0.2) is 60.8 Å². The van der Waals surface area contributed by atoms with Crippen molar-refractivity contribution in [1.82, 2.24) is 24.9 Å². The van der Waals surface area contributed by atoms with Gasteiger partial charge in [-0.05, 0) is 73.2 Å². The monoisotopic (exact) mass is 594 g/mol. The van der Waals surface area contributed by atoms with Crippen LogP contribution in [0, 0.1) is 5.82 Å². The topological polar surface area (TPSA) is 131 Å². The maximum absolute atomic E-state index is 15.3. The Bertz CT molecular complexity index is 1830. The molecule has 0 spiro atoms. The zero-order chi connectivity index (χ0) is 30.5. The highest BCUT2D eigenvalue weighted by Crippen LogP contribution is 2.32. The first-order chi connectivity index (χ1) is 21.2. The molecule has 0 bridgehead atoms. The molecule has 1 aromatic heterocycles. The van der Waals surface area contributed by atoms with Gasteiger partial charge in [0.15, 0.2) is 0 Å². The number of hydrogen-bond acceptors (Lipinski definition) is 6. The molecule has 10 nitrogen and oxygen atoms in total. The standard InChI is InChI=1S/C33H31FN6O4/c34-27-14-26-22(17-39(33(26)44)28-10-11-29(41)36-32(28)43)13-23(27)16-38-12-2-4-20(15-38)19-6-8-24(9-7-19)40-18-21-3-1-5-25(31(35)42)30(21)37-40/h1,3,5-9,13-14,18,20,28H,2,4,10-12,15-17H2,(H2,35,42)(H,36,41,43)/t20-,28?/m1/s1. The van der Waals surface area contributed by atoms with Crippen molar-refractivity contribution in [3.8, 4) is 5.69 Å². The Morgan fingerprint density at radius 2 is 1.89 bits per heavy atom. The molecule has 3 aliphatic heterocycles. The number of rotatable bonds is 6. The molecule has 224 valence electrons. The summed E-state index contributed by atoms with van der Waals surface area (Å²) >= 11 is 0. The van der Waals surface area contributed by atoms with Crippen molar-refractivity contribution < 1.29 is 23.6 Å². The first-order valence-corrected chi connectivity index (χ1v) is 14.8. The quantitative estimate of drug-likeness (QED) is 0.329. The second-order valence-electron chi connectivity index (χ2n) is 11.8. The predicted molar refractivity (Wildman–Crippen MR) is 159 cm³/mol. The molecule has 4 aromatic rings. The first-order valence-electron chi connectivity index (χ1n) is 14.8. The van der Waals surface area contributed by atoms with Gasteiger partial charge in [-0.15, -0.1) is 0 Å². The van der Waals surface area contributed by atoms with E-state index in [2.05, 4.69) is 27.4 Å². The maximum Gasteiger partial charge on any atom is 0.255 e. The molecule has 2 saturated heterocycles. The average molecular weight is 595 g/mol. The van der Waals surface area contributed by atoms with E-state index in [1.165, 1.54) is 16.5 Å². The number of piperidine rings is 2. The highest BCUT2D eigenvalue weighted by Gasteiger charge is 2.39. The molecular weight excluding hydrogens is 563 g/mol. The lowest BCUT2D eigenvalue weighted by Gasteiger charge is -2.33. The number of fused-ring (bicyclic) bond motifs is 2. The zero-order valence-corrected chi connectivity index (χ0v) is 24.0. The van der Waals surface area contributed by atoms with Crippen LogP contribution in [0.3, 0.4) is 0 Å². The van der Waals surface area contributed by atoms with Crippen LogP contribution >= 0.6 is 0 Å². The molecule has 4 heterocycles. The van der Waals surface area contributed by atoms with Crippen molar-refractivity contribution in [2.45, 2.75) is 50.7 Å². The van der Waals surface area contributed by atoms with E-state index < -0.39 is 23.7 Å². The molecular formula is C33H31FN6O4. The van der Waals surface area contributed by atoms with Crippen LogP contribution in [-0.4, -0.2) is 62.3 Å². The van der Waals surface area contributed by atoms with Crippen molar-refractivity contribution in [2.24, 2.45) is 5.73 Å². The number of hydrogen-bond donors (Lipinski definition) is 2. The molecule has 3 aliphatic rings. The summed E-state index contributed by atoms with van der Waals surface area (Å²) in [5.41, 5.74) is 10.0. The van der Waals surface area contributed by atoms with E-state index in [0.717, 1.165) is 37.0 Å². The molecule has 3 N–H and O–H groups in total. The Hall–Kier alpha value is -4.90. The van der Waals surface area contributed by atoms with Gasteiger partial charge in [0.25, 0.3) is 11.8 Å². The van der Waals surface area contributed by atoms with Crippen LogP contribution in [0.2, 0.25) is 0 Å². The predicted octanol–water partition coefficient (Wildman–Crippen LogP) is 3.40. The molecule has 2 atom stereocenters. The molecule has 44 heavy (non-hydrogen) atoms. The number of carbonyl (C=O) groups is 4. The molecule has 0 saturated carbocycles. The number of imide groups is 1. The van der Waals surface area contributed by atoms with Crippen LogP contribution in [0.4, 0.5) is 4.39 Å². The molecule has 3 aromatic carbocycles. The number of carbonyl (C=O) groups excluding carboxylic acids is 4. The van der Waals surface area contributed by atoms with Gasteiger partial charge in [-0.1, -0.05) is 24.3 Å². The summed E-state index contributed by atoms with van der Waals surface area (Å²) in [5.74, 6) is -1.87. The second-order valence-corrected chi connectivity index (χ2v) is 11.8. The van der Waals surface area contributed by atoms with Gasteiger partial charge in [-0.2, -0.15) is 5.10 Å². The van der Waals surface area contributed by atoms with Crippen molar-refractivity contribution in [2.75, 3.05) is 13.1 Å². The lowest BCUT2D eigenvalue weighted by Crippen LogP contribution is -2.52. The van der Waals surface area contributed by atoms with Gasteiger partial charge in [0.05, 0.1) is 11.3 Å². The second kappa shape index (κ2) is 11.0. The third-order valence-electron chi connectivity index (χ3n) is 9.02. The summed E-state index contributed by atoms with van der Waals surface area (Å²) in [6.07, 6.45) is 4.31. The number of halogens is 1. The minimum Gasteiger partial charge on any atom is -0.366 e. The zero-order valence-electron chi connectivity index (χ0n) is 24.0. The minimum absolute atomic E-state index is 0.174. The number of primary amides is 1. The summed E-state index contributed by atoms with van der Waals surface area (Å²) in [5, 5.41) is 7.73. The molecule has 0 aliphatic carbocycles. The summed E-state index contributed by atoms with van der Waals surface area (Å²) in [7, 11) is 0. The number of likely N-dealkylation sites (tertiary alicyclic amines) is 1. The number of aromatic nitrogens is 2. The third kappa shape index (κ3) is 5.02. The normalized spacial score (nSPS) is 20.7. The van der Waals surface area contributed by atoms with Crippen molar-refractivity contribution >= 4 is 34.5 Å². The number of benzene rings is 3. The summed E-state index contributed by atoms with van der Waals surface area (Å²) in [6, 6.07) is 15.9. The van der Waals surface area contributed by atoms with Gasteiger partial charge in [0.2, 0.25) is 11.8 Å². The highest BCUT2D eigenvalue weighted by molar-refractivity contribution is 6.06. The van der Waals surface area contributed by atoms with Crippen LogP contribution < -0.4 is 11.1 Å². The van der Waals surface area contributed by atoms with Crippen molar-refractivity contribution in [1.29, 1.82) is 0 Å². The van der Waals surface area contributed by atoms with Crippen LogP contribution in [0.5, 0.6) is 0 Å². The van der Waals surface area contributed by atoms with Gasteiger partial charge < -0.3 is 10.6 Å². The number of nitrogens with one attached hydrogen (secondary N) is 1. The number of nitrogens with zero attached hydrogens (tertiary/aromatic N) is 4. The Morgan fingerprint density at radius 3 is 2.66 bits per heavy atom. The summed E-state index contributed by atoms with van der Waals surface area (Å²) in [6.45, 7) is 2.25. The molecule has 4 amide bonds. The van der Waals surface area contributed by atoms with Gasteiger partial charge in [-0.25, -0.2) is 9.07 Å². The fourth-order valence-corrected chi connectivity index (χ4v) is 6.75. The Kier molecular flexibility index (Phi) is 6.97. The van der Waals surface area contributed by atoms with Crippen molar-refractivity contribution in [3.63, 3.8) is 0 Å². The van der Waals surface area contributed by atoms with E-state index in [-0.39, 0.29) is 42.7 Å². The van der Waals surface area contributed by atoms with Crippen LogP contribution in [0.25, 0.3) is 16.6 Å². The minimum atomic E-state index is -0.728. The SMILES string of the molecule is NC(=O)c1cccc2cn(-c3ccc([C@@H]4CCCN(Cc5cc6c(cc5F)C(=O)N(C5CCC(=O)NC5=O)C6)C4)cc3)nc12. The number of amides is 4. The van der Waals surface area contributed by atoms with Gasteiger partial charge in [0.1, 0.15) is 17.4 Å². The van der Waals surface area contributed by atoms with E-state index >= 15 is 4.39 Å². The van der Waals surface area contributed by atoms with E-state index in [9.17, 15) is 19.2 Å². The maximum atomic E-state index is 15.3. The van der Waals surface area contributed by atoms with Crippen LogP contribution in [-0.2, 0) is 22.7 Å². The van der Waals surface area contributed by atoms with E-state index in [4.69, 9.17) is 5.73 Å². The first kappa shape index (κ1) is 27.9. The van der Waals surface area contributed by atoms with E-state index in [0.29, 0.717) is 28.8 Å². The Labute approximate surface area is 252 Å². The van der Waals surface area contributed by atoms with Crippen molar-refractivity contribution in [3.05, 3.63) is 94.4 Å². The molecule has 11 heteroatoms. The van der Waals surface area contributed by atoms with Gasteiger partial charge in [-0.3, -0.25) is 29.4 Å². The third-order valence-corrected chi connectivity index (χ3v) is 9.02. The van der Waals surface area contributed by atoms with E-state index in [1.807, 2.05) is 24.4 Å². The Balaban J connectivity index is 1.04. The summed E-state index contributed by atoms with van der Waals surface area (Å²) < 4.78 is 17.0. The fraction of sp³-hybridized carbons (Fsp3) is 0.303. The average Bonchev–Trinajstić information content (AvgIpc) is 3.59. The lowest BCUT2D eigenvalue weighted by molar-refractivity contribution is -0.136. The summed E-state index contributed by atoms with van der Waals surface area (Å²) in [4.78, 5) is 52.5. The smallest absolute Gasteiger partial charge is 0.255 e. The lowest BCUT2D eigenvalue weighted by atomic mass is 9.90. The fourth-order valence-electron chi connectivity index (χ4n) is 6.75. The van der Waals surface area contributed by atoms with Gasteiger partial charge >= 0.3 is 0 Å². The number of nitrogens with two attached hydrogens (primary N) is 1. The van der Waals surface area contributed by atoms with E-state index in [1.54, 1.807) is 22.9 Å². The van der Waals surface area contributed by atoms with Gasteiger partial charge in [0, 0.05) is 48.8 Å². The largest absolute Gasteiger partial charge is 0.366 e. The van der Waals surface area contributed by atoms with Crippen LogP contribution in [0.1, 0.15) is 69.0 Å². The highest BCUT2D eigenvalue weighted by atomic mass is 19.1. The molecule has 0 radical (unpaired) electrons.